The van der Waals surface area contributed by atoms with Gasteiger partial charge in [0.2, 0.25) is 11.8 Å². The van der Waals surface area contributed by atoms with Crippen molar-refractivity contribution in [1.82, 2.24) is 9.80 Å². The van der Waals surface area contributed by atoms with Gasteiger partial charge in [-0.25, -0.2) is 0 Å². The van der Waals surface area contributed by atoms with Crippen molar-refractivity contribution in [3.8, 4) is 5.75 Å². The smallest absolute Gasteiger partial charge is 0.243 e. The van der Waals surface area contributed by atoms with E-state index in [1.807, 2.05) is 47.9 Å². The molecule has 2 aromatic rings. The zero-order valence-corrected chi connectivity index (χ0v) is 18.8. The highest BCUT2D eigenvalue weighted by atomic mass is 32.1. The fraction of sp³-hybridized carbons (Fsp3) is 0.500. The second-order valence-corrected chi connectivity index (χ2v) is 9.66. The molecule has 6 heteroatoms. The zero-order chi connectivity index (χ0) is 21.3. The number of amides is 2. The maximum Gasteiger partial charge on any atom is 0.243 e. The van der Waals surface area contributed by atoms with Crippen molar-refractivity contribution < 1.29 is 14.3 Å². The van der Waals surface area contributed by atoms with Crippen molar-refractivity contribution in [2.24, 2.45) is 5.92 Å². The van der Waals surface area contributed by atoms with Crippen molar-refractivity contribution in [3.05, 3.63) is 51.7 Å². The van der Waals surface area contributed by atoms with Gasteiger partial charge in [-0.3, -0.25) is 9.59 Å². The van der Waals surface area contributed by atoms with E-state index in [1.165, 1.54) is 10.4 Å². The molecule has 2 amide bonds. The van der Waals surface area contributed by atoms with Gasteiger partial charge in [-0.1, -0.05) is 26.0 Å². The van der Waals surface area contributed by atoms with Gasteiger partial charge < -0.3 is 14.5 Å². The minimum absolute atomic E-state index is 0.0386. The molecule has 1 saturated carbocycles. The van der Waals surface area contributed by atoms with Crippen LogP contribution in [0.1, 0.15) is 55.2 Å². The highest BCUT2D eigenvalue weighted by molar-refractivity contribution is 7.10. The van der Waals surface area contributed by atoms with Crippen LogP contribution in [-0.2, 0) is 16.0 Å². The summed E-state index contributed by atoms with van der Waals surface area (Å²) in [7, 11) is 1.66. The molecule has 1 aromatic heterocycles. The first-order valence-corrected chi connectivity index (χ1v) is 11.6. The van der Waals surface area contributed by atoms with Gasteiger partial charge in [-0.2, -0.15) is 0 Å². The molecular formula is C24H30N2O3S. The molecule has 2 aliphatic rings. The molecule has 160 valence electrons. The number of nitrogens with zero attached hydrogens (tertiary/aromatic N) is 2. The van der Waals surface area contributed by atoms with Gasteiger partial charge in [-0.15, -0.1) is 11.3 Å². The molecule has 5 nitrogen and oxygen atoms in total. The number of benzene rings is 1. The lowest BCUT2D eigenvalue weighted by atomic mass is 9.93. The van der Waals surface area contributed by atoms with Crippen LogP contribution in [0.25, 0.3) is 0 Å². The maximum absolute atomic E-state index is 13.5. The van der Waals surface area contributed by atoms with Crippen LogP contribution in [0.4, 0.5) is 0 Å². The van der Waals surface area contributed by atoms with Crippen LogP contribution >= 0.6 is 11.3 Å². The average Bonchev–Trinajstić information content (AvgIpc) is 3.46. The number of hydrogen-bond donors (Lipinski definition) is 0. The largest absolute Gasteiger partial charge is 0.497 e. The Bertz CT molecular complexity index is 901. The van der Waals surface area contributed by atoms with Crippen molar-refractivity contribution in [2.75, 3.05) is 20.2 Å². The quantitative estimate of drug-likeness (QED) is 0.664. The van der Waals surface area contributed by atoms with Gasteiger partial charge in [0.05, 0.1) is 13.2 Å². The summed E-state index contributed by atoms with van der Waals surface area (Å²) in [4.78, 5) is 31.4. The Morgan fingerprint density at radius 3 is 2.57 bits per heavy atom. The van der Waals surface area contributed by atoms with Gasteiger partial charge in [0.1, 0.15) is 12.3 Å². The number of fused-ring (bicyclic) bond motifs is 1. The molecule has 0 radical (unpaired) electrons. The van der Waals surface area contributed by atoms with Gasteiger partial charge >= 0.3 is 0 Å². The van der Waals surface area contributed by atoms with Crippen LogP contribution in [0.15, 0.2) is 35.7 Å². The molecule has 1 aliphatic heterocycles. The van der Waals surface area contributed by atoms with Crippen molar-refractivity contribution in [3.63, 3.8) is 0 Å². The van der Waals surface area contributed by atoms with E-state index < -0.39 is 0 Å². The minimum Gasteiger partial charge on any atom is -0.497 e. The van der Waals surface area contributed by atoms with E-state index in [0.717, 1.165) is 30.6 Å². The molecule has 0 spiro atoms. The second kappa shape index (κ2) is 8.80. The van der Waals surface area contributed by atoms with E-state index in [4.69, 9.17) is 4.74 Å². The highest BCUT2D eigenvalue weighted by Gasteiger charge is 2.38. The molecule has 0 N–H and O–H groups in total. The van der Waals surface area contributed by atoms with E-state index in [1.54, 1.807) is 18.4 Å². The normalized spacial score (nSPS) is 18.3. The third kappa shape index (κ3) is 4.38. The maximum atomic E-state index is 13.5. The standard InChI is InChI=1S/C24H30N2O3S/c1-16(2)14-22(27)26(18-6-7-18)15-23(28)25-12-10-21-20(11-13-30-21)24(25)17-4-8-19(29-3)9-5-17/h4-5,8-9,11,13,16,18,24H,6-7,10,12,14-15H2,1-3H3/t24-/m0/s1. The summed E-state index contributed by atoms with van der Waals surface area (Å²) in [6, 6.07) is 10.2. The topological polar surface area (TPSA) is 49.9 Å². The number of rotatable bonds is 7. The van der Waals surface area contributed by atoms with E-state index in [0.29, 0.717) is 18.9 Å². The Hall–Kier alpha value is -2.34. The van der Waals surface area contributed by atoms with Gasteiger partial charge in [0.15, 0.2) is 0 Å². The Morgan fingerprint density at radius 2 is 1.93 bits per heavy atom. The summed E-state index contributed by atoms with van der Waals surface area (Å²) in [6.07, 6.45) is 3.39. The Kier molecular flexibility index (Phi) is 6.14. The number of methoxy groups -OCH3 is 1. The molecule has 1 atom stereocenters. The fourth-order valence-electron chi connectivity index (χ4n) is 4.24. The Balaban J connectivity index is 1.59. The number of carbonyl (C=O) groups excluding carboxylic acids is 2. The van der Waals surface area contributed by atoms with E-state index >= 15 is 0 Å². The first-order valence-electron chi connectivity index (χ1n) is 10.8. The summed E-state index contributed by atoms with van der Waals surface area (Å²) < 4.78 is 5.31. The molecule has 2 heterocycles. The molecule has 4 rings (SSSR count). The summed E-state index contributed by atoms with van der Waals surface area (Å²) in [5.41, 5.74) is 2.28. The summed E-state index contributed by atoms with van der Waals surface area (Å²) >= 11 is 1.76. The van der Waals surface area contributed by atoms with E-state index in [-0.39, 0.29) is 30.4 Å². The predicted octanol–water partition coefficient (Wildman–Crippen LogP) is 4.27. The average molecular weight is 427 g/mol. The lowest BCUT2D eigenvalue weighted by molar-refractivity contribution is -0.142. The zero-order valence-electron chi connectivity index (χ0n) is 18.0. The minimum atomic E-state index is -0.111. The summed E-state index contributed by atoms with van der Waals surface area (Å²) in [5.74, 6) is 1.24. The van der Waals surface area contributed by atoms with Crippen molar-refractivity contribution in [1.29, 1.82) is 0 Å². The van der Waals surface area contributed by atoms with E-state index in [9.17, 15) is 9.59 Å². The van der Waals surface area contributed by atoms with Crippen LogP contribution < -0.4 is 4.74 Å². The number of ether oxygens (including phenoxy) is 1. The third-order valence-electron chi connectivity index (χ3n) is 5.91. The number of hydrogen-bond acceptors (Lipinski definition) is 4. The fourth-order valence-corrected chi connectivity index (χ4v) is 5.14. The SMILES string of the molecule is COc1ccc([C@H]2c3ccsc3CCN2C(=O)CN(C(=O)CC(C)C)C2CC2)cc1. The van der Waals surface area contributed by atoms with E-state index in [2.05, 4.69) is 11.4 Å². The van der Waals surface area contributed by atoms with Crippen molar-refractivity contribution >= 4 is 23.2 Å². The molecule has 30 heavy (non-hydrogen) atoms. The van der Waals surface area contributed by atoms with Crippen LogP contribution in [0.5, 0.6) is 5.75 Å². The molecule has 1 aromatic carbocycles. The van der Waals surface area contributed by atoms with Gasteiger partial charge in [0, 0.05) is 23.9 Å². The molecule has 1 fully saturated rings. The van der Waals surface area contributed by atoms with Crippen LogP contribution in [0, 0.1) is 5.92 Å². The lowest BCUT2D eigenvalue weighted by Gasteiger charge is -2.37. The van der Waals surface area contributed by atoms with Gasteiger partial charge in [-0.05, 0) is 59.9 Å². The first kappa shape index (κ1) is 20.9. The summed E-state index contributed by atoms with van der Waals surface area (Å²) in [5, 5.41) is 2.11. The monoisotopic (exact) mass is 426 g/mol. The Morgan fingerprint density at radius 1 is 1.20 bits per heavy atom. The van der Waals surface area contributed by atoms with Crippen molar-refractivity contribution in [2.45, 2.75) is 51.6 Å². The highest BCUT2D eigenvalue weighted by Crippen LogP contribution is 2.38. The van der Waals surface area contributed by atoms with Crippen LogP contribution in [0.3, 0.4) is 0 Å². The molecule has 0 saturated heterocycles. The van der Waals surface area contributed by atoms with Crippen LogP contribution in [0.2, 0.25) is 0 Å². The van der Waals surface area contributed by atoms with Gasteiger partial charge in [0.25, 0.3) is 0 Å². The Labute approximate surface area is 182 Å². The molecular weight excluding hydrogens is 396 g/mol. The number of carbonyl (C=O) groups is 2. The molecule has 0 bridgehead atoms. The second-order valence-electron chi connectivity index (χ2n) is 8.66. The first-order chi connectivity index (χ1) is 14.5. The van der Waals surface area contributed by atoms with Crippen LogP contribution in [-0.4, -0.2) is 47.9 Å². The number of thiophene rings is 1. The third-order valence-corrected chi connectivity index (χ3v) is 6.91. The molecule has 1 aliphatic carbocycles. The molecule has 0 unspecified atom stereocenters. The summed E-state index contributed by atoms with van der Waals surface area (Å²) in [6.45, 7) is 4.96. The predicted molar refractivity (Wildman–Crippen MR) is 119 cm³/mol. The lowest BCUT2D eigenvalue weighted by Crippen LogP contribution is -2.47.